The molecule has 1 fully saturated rings. The van der Waals surface area contributed by atoms with Gasteiger partial charge in [-0.2, -0.15) is 0 Å². The van der Waals surface area contributed by atoms with E-state index < -0.39 is 0 Å². The smallest absolute Gasteiger partial charge is 0.338 e. The molecule has 98 valence electrons. The summed E-state index contributed by atoms with van der Waals surface area (Å²) in [4.78, 5) is 11.6. The third kappa shape index (κ3) is 2.66. The van der Waals surface area contributed by atoms with Crippen LogP contribution in [0.1, 0.15) is 42.1 Å². The van der Waals surface area contributed by atoms with Crippen LogP contribution in [0.4, 0.5) is 5.69 Å². The molecule has 0 saturated heterocycles. The number of rotatable bonds is 5. The number of carbonyl (C=O) groups excluding carboxylic acids is 1. The number of ether oxygens (including phenoxy) is 1. The van der Waals surface area contributed by atoms with Crippen LogP contribution in [0.2, 0.25) is 0 Å². The van der Waals surface area contributed by atoms with Crippen molar-refractivity contribution in [2.75, 3.05) is 12.4 Å². The molecule has 1 aliphatic carbocycles. The van der Waals surface area contributed by atoms with Crippen molar-refractivity contribution in [3.63, 3.8) is 0 Å². The highest BCUT2D eigenvalue weighted by atomic mass is 16.5. The fourth-order valence-corrected chi connectivity index (χ4v) is 2.37. The van der Waals surface area contributed by atoms with Gasteiger partial charge in [0.15, 0.2) is 0 Å². The van der Waals surface area contributed by atoms with E-state index in [9.17, 15) is 4.79 Å². The summed E-state index contributed by atoms with van der Waals surface area (Å²) >= 11 is 0. The fourth-order valence-electron chi connectivity index (χ4n) is 2.37. The van der Waals surface area contributed by atoms with Crippen molar-refractivity contribution in [1.29, 1.82) is 0 Å². The third-order valence-corrected chi connectivity index (χ3v) is 3.71. The first-order valence-corrected chi connectivity index (χ1v) is 6.61. The number of benzene rings is 1. The summed E-state index contributed by atoms with van der Waals surface area (Å²) in [7, 11) is 1.42. The number of methoxy groups -OCH3 is 1. The molecule has 1 saturated carbocycles. The molecule has 1 atom stereocenters. The maximum Gasteiger partial charge on any atom is 0.338 e. The lowest BCUT2D eigenvalue weighted by atomic mass is 10.0. The van der Waals surface area contributed by atoms with Crippen molar-refractivity contribution in [3.05, 3.63) is 29.3 Å². The zero-order valence-electron chi connectivity index (χ0n) is 11.3. The van der Waals surface area contributed by atoms with Gasteiger partial charge < -0.3 is 10.1 Å². The van der Waals surface area contributed by atoms with Gasteiger partial charge in [-0.05, 0) is 49.8 Å². The molecule has 1 unspecified atom stereocenters. The second kappa shape index (κ2) is 5.42. The summed E-state index contributed by atoms with van der Waals surface area (Å²) in [6.45, 7) is 4.17. The normalized spacial score (nSPS) is 16.2. The van der Waals surface area contributed by atoms with Crippen LogP contribution in [0, 0.1) is 12.8 Å². The van der Waals surface area contributed by atoms with Crippen LogP contribution in [-0.4, -0.2) is 19.1 Å². The molecule has 1 aromatic rings. The summed E-state index contributed by atoms with van der Waals surface area (Å²) in [6.07, 6.45) is 3.76. The SMILES string of the molecule is CCC(Nc1cccc(C(=O)OC)c1C)C1CC1. The molecule has 1 aliphatic rings. The summed E-state index contributed by atoms with van der Waals surface area (Å²) in [5, 5.41) is 3.57. The van der Waals surface area contributed by atoms with Gasteiger partial charge in [-0.1, -0.05) is 13.0 Å². The predicted octanol–water partition coefficient (Wildman–Crippen LogP) is 3.38. The molecule has 1 aromatic carbocycles. The molecule has 3 nitrogen and oxygen atoms in total. The highest BCUT2D eigenvalue weighted by Crippen LogP contribution is 2.36. The standard InChI is InChI=1S/C15H21NO2/c1-4-13(11-8-9-11)16-14-7-5-6-12(10(14)2)15(17)18-3/h5-7,11,13,16H,4,8-9H2,1-3H3. The molecule has 0 aromatic heterocycles. The van der Waals surface area contributed by atoms with Crippen LogP contribution in [0.3, 0.4) is 0 Å². The Morgan fingerprint density at radius 1 is 1.50 bits per heavy atom. The van der Waals surface area contributed by atoms with Crippen LogP contribution in [0.25, 0.3) is 0 Å². The van der Waals surface area contributed by atoms with E-state index in [4.69, 9.17) is 4.74 Å². The Kier molecular flexibility index (Phi) is 3.90. The maximum absolute atomic E-state index is 11.6. The second-order valence-electron chi connectivity index (χ2n) is 4.97. The molecule has 18 heavy (non-hydrogen) atoms. The molecule has 2 rings (SSSR count). The number of hydrogen-bond donors (Lipinski definition) is 1. The minimum Gasteiger partial charge on any atom is -0.465 e. The topological polar surface area (TPSA) is 38.3 Å². The zero-order valence-corrected chi connectivity index (χ0v) is 11.3. The van der Waals surface area contributed by atoms with E-state index in [-0.39, 0.29) is 5.97 Å². The van der Waals surface area contributed by atoms with Gasteiger partial charge in [0.05, 0.1) is 12.7 Å². The van der Waals surface area contributed by atoms with Gasteiger partial charge in [-0.3, -0.25) is 0 Å². The van der Waals surface area contributed by atoms with E-state index in [1.807, 2.05) is 25.1 Å². The molecule has 0 bridgehead atoms. The van der Waals surface area contributed by atoms with Crippen molar-refractivity contribution < 1.29 is 9.53 Å². The molecule has 0 heterocycles. The first-order valence-electron chi connectivity index (χ1n) is 6.61. The minimum atomic E-state index is -0.268. The summed E-state index contributed by atoms with van der Waals surface area (Å²) in [5.41, 5.74) is 2.67. The van der Waals surface area contributed by atoms with Crippen molar-refractivity contribution in [2.45, 2.75) is 39.2 Å². The van der Waals surface area contributed by atoms with Gasteiger partial charge in [0.25, 0.3) is 0 Å². The lowest BCUT2D eigenvalue weighted by Crippen LogP contribution is -2.21. The van der Waals surface area contributed by atoms with Crippen LogP contribution in [0.15, 0.2) is 18.2 Å². The van der Waals surface area contributed by atoms with Gasteiger partial charge in [0.1, 0.15) is 0 Å². The molecule has 0 radical (unpaired) electrons. The largest absolute Gasteiger partial charge is 0.465 e. The Morgan fingerprint density at radius 2 is 2.22 bits per heavy atom. The Balaban J connectivity index is 2.19. The van der Waals surface area contributed by atoms with Crippen LogP contribution < -0.4 is 5.32 Å². The highest BCUT2D eigenvalue weighted by Gasteiger charge is 2.30. The van der Waals surface area contributed by atoms with Gasteiger partial charge in [0, 0.05) is 11.7 Å². The van der Waals surface area contributed by atoms with E-state index in [0.29, 0.717) is 11.6 Å². The summed E-state index contributed by atoms with van der Waals surface area (Å²) < 4.78 is 4.80. The third-order valence-electron chi connectivity index (χ3n) is 3.71. The van der Waals surface area contributed by atoms with Gasteiger partial charge >= 0.3 is 5.97 Å². The Morgan fingerprint density at radius 3 is 2.78 bits per heavy atom. The van der Waals surface area contributed by atoms with Gasteiger partial charge in [0.2, 0.25) is 0 Å². The molecule has 3 heteroatoms. The van der Waals surface area contributed by atoms with E-state index in [0.717, 1.165) is 23.6 Å². The van der Waals surface area contributed by atoms with E-state index in [1.54, 1.807) is 0 Å². The molecule has 0 spiro atoms. The monoisotopic (exact) mass is 247 g/mol. The molecule has 0 amide bonds. The molecule has 0 aliphatic heterocycles. The van der Waals surface area contributed by atoms with Crippen LogP contribution in [-0.2, 0) is 4.74 Å². The van der Waals surface area contributed by atoms with Gasteiger partial charge in [-0.15, -0.1) is 0 Å². The number of carbonyl (C=O) groups is 1. The number of nitrogens with one attached hydrogen (secondary N) is 1. The first-order chi connectivity index (χ1) is 8.67. The Hall–Kier alpha value is -1.51. The van der Waals surface area contributed by atoms with Crippen molar-refractivity contribution in [2.24, 2.45) is 5.92 Å². The summed E-state index contributed by atoms with van der Waals surface area (Å²) in [6, 6.07) is 6.27. The summed E-state index contributed by atoms with van der Waals surface area (Å²) in [5.74, 6) is 0.534. The highest BCUT2D eigenvalue weighted by molar-refractivity contribution is 5.92. The first kappa shape index (κ1) is 12.9. The Labute approximate surface area is 109 Å². The lowest BCUT2D eigenvalue weighted by Gasteiger charge is -2.20. The second-order valence-corrected chi connectivity index (χ2v) is 4.97. The van der Waals surface area contributed by atoms with Crippen molar-refractivity contribution >= 4 is 11.7 Å². The van der Waals surface area contributed by atoms with Crippen LogP contribution >= 0.6 is 0 Å². The average Bonchev–Trinajstić information content (AvgIpc) is 3.21. The Bertz CT molecular complexity index is 438. The number of hydrogen-bond acceptors (Lipinski definition) is 3. The van der Waals surface area contributed by atoms with E-state index in [1.165, 1.54) is 20.0 Å². The fraction of sp³-hybridized carbons (Fsp3) is 0.533. The quantitative estimate of drug-likeness (QED) is 0.811. The van der Waals surface area contributed by atoms with Gasteiger partial charge in [-0.25, -0.2) is 4.79 Å². The molecule has 1 N–H and O–H groups in total. The lowest BCUT2D eigenvalue weighted by molar-refractivity contribution is 0.0600. The maximum atomic E-state index is 11.6. The number of esters is 1. The average molecular weight is 247 g/mol. The minimum absolute atomic E-state index is 0.268. The molecular formula is C15H21NO2. The van der Waals surface area contributed by atoms with Crippen LogP contribution in [0.5, 0.6) is 0 Å². The predicted molar refractivity (Wildman–Crippen MR) is 72.9 cm³/mol. The van der Waals surface area contributed by atoms with Crippen molar-refractivity contribution in [1.82, 2.24) is 0 Å². The van der Waals surface area contributed by atoms with E-state index >= 15 is 0 Å². The zero-order chi connectivity index (χ0) is 13.1. The van der Waals surface area contributed by atoms with Crippen molar-refractivity contribution in [3.8, 4) is 0 Å². The van der Waals surface area contributed by atoms with E-state index in [2.05, 4.69) is 12.2 Å². The molecular weight excluding hydrogens is 226 g/mol. The number of anilines is 1.